The number of carbonyl (C=O) groups is 3. The number of amides is 3. The number of hydrogen-bond acceptors (Lipinski definition) is 5. The van der Waals surface area contributed by atoms with E-state index < -0.39 is 27.4 Å². The van der Waals surface area contributed by atoms with E-state index in [1.165, 1.54) is 0 Å². The Morgan fingerprint density at radius 3 is 2.41 bits per heavy atom. The number of anilines is 1. The molecule has 39 heavy (non-hydrogen) atoms. The van der Waals surface area contributed by atoms with Gasteiger partial charge in [-0.2, -0.15) is 0 Å². The number of carbonyl (C=O) groups excluding carboxylic acids is 3. The molecule has 3 saturated heterocycles. The average Bonchev–Trinajstić information content (AvgIpc) is 3.46. The summed E-state index contributed by atoms with van der Waals surface area (Å²) < 4.78 is -1.12. The van der Waals surface area contributed by atoms with Crippen LogP contribution < -0.4 is 4.90 Å². The molecular formula is C31H43N3O4S. The van der Waals surface area contributed by atoms with Crippen molar-refractivity contribution in [3.63, 3.8) is 0 Å². The molecule has 1 aromatic rings. The Morgan fingerprint density at radius 1 is 1.15 bits per heavy atom. The summed E-state index contributed by atoms with van der Waals surface area (Å²) in [6.07, 6.45) is 6.12. The first-order chi connectivity index (χ1) is 18.6. The maximum absolute atomic E-state index is 14.7. The minimum atomic E-state index is -0.718. The molecule has 3 fully saturated rings. The van der Waals surface area contributed by atoms with E-state index in [0.29, 0.717) is 32.5 Å². The number of likely N-dealkylation sites (tertiary alicyclic amines) is 1. The molecule has 2 bridgehead atoms. The molecule has 2 unspecified atom stereocenters. The molecule has 0 aromatic heterocycles. The molecule has 8 heteroatoms. The highest BCUT2D eigenvalue weighted by Gasteiger charge is 2.77. The van der Waals surface area contributed by atoms with Crippen LogP contribution in [0.1, 0.15) is 50.7 Å². The molecular weight excluding hydrogens is 510 g/mol. The lowest BCUT2D eigenvalue weighted by Gasteiger charge is -2.38. The summed E-state index contributed by atoms with van der Waals surface area (Å²) in [5.74, 6) is -1.36. The Kier molecular flexibility index (Phi) is 8.67. The summed E-state index contributed by atoms with van der Waals surface area (Å²) in [5.41, 5.74) is 2.80. The largest absolute Gasteiger partial charge is 0.396 e. The van der Waals surface area contributed by atoms with Crippen LogP contribution in [0.5, 0.6) is 0 Å². The van der Waals surface area contributed by atoms with Gasteiger partial charge in [0.15, 0.2) is 0 Å². The fourth-order valence-corrected chi connectivity index (χ4v) is 9.62. The van der Waals surface area contributed by atoms with Crippen LogP contribution in [0.15, 0.2) is 43.5 Å². The molecule has 5 atom stereocenters. The van der Waals surface area contributed by atoms with E-state index in [1.54, 1.807) is 33.7 Å². The third kappa shape index (κ3) is 4.73. The first-order valence-corrected chi connectivity index (χ1v) is 14.9. The molecule has 1 N–H and O–H groups in total. The van der Waals surface area contributed by atoms with E-state index in [1.807, 2.05) is 43.9 Å². The highest BCUT2D eigenvalue weighted by molar-refractivity contribution is 8.02. The van der Waals surface area contributed by atoms with Crippen molar-refractivity contribution >= 4 is 35.2 Å². The lowest BCUT2D eigenvalue weighted by molar-refractivity contribution is -0.145. The Bertz CT molecular complexity index is 1130. The van der Waals surface area contributed by atoms with Crippen LogP contribution in [0.25, 0.3) is 0 Å². The summed E-state index contributed by atoms with van der Waals surface area (Å²) in [6, 6.07) is 5.24. The Hall–Kier alpha value is -2.58. The second-order valence-electron chi connectivity index (χ2n) is 11.4. The molecule has 1 spiro atoms. The maximum Gasteiger partial charge on any atom is 0.251 e. The Balaban J connectivity index is 1.82. The van der Waals surface area contributed by atoms with Gasteiger partial charge in [-0.3, -0.25) is 14.4 Å². The first-order valence-electron chi connectivity index (χ1n) is 14.1. The van der Waals surface area contributed by atoms with Gasteiger partial charge in [0.25, 0.3) is 5.91 Å². The molecule has 0 saturated carbocycles. The van der Waals surface area contributed by atoms with E-state index in [2.05, 4.69) is 20.1 Å². The van der Waals surface area contributed by atoms with E-state index >= 15 is 0 Å². The Morgan fingerprint density at radius 2 is 1.82 bits per heavy atom. The van der Waals surface area contributed by atoms with E-state index in [9.17, 15) is 19.5 Å². The number of benzene rings is 1. The van der Waals surface area contributed by atoms with Gasteiger partial charge in [0.05, 0.1) is 16.6 Å². The molecule has 3 aliphatic heterocycles. The van der Waals surface area contributed by atoms with Crippen molar-refractivity contribution in [2.45, 2.75) is 68.9 Å². The summed E-state index contributed by atoms with van der Waals surface area (Å²) in [4.78, 5) is 48.4. The number of nitrogens with zero attached hydrogens (tertiary/aromatic N) is 3. The summed E-state index contributed by atoms with van der Waals surface area (Å²) in [6.45, 7) is 17.4. The van der Waals surface area contributed by atoms with Gasteiger partial charge in [0.2, 0.25) is 11.8 Å². The average molecular weight is 554 g/mol. The third-order valence-electron chi connectivity index (χ3n) is 8.78. The number of hydrogen-bond donors (Lipinski definition) is 1. The molecule has 3 amide bonds. The number of fused-ring (bicyclic) bond motifs is 1. The van der Waals surface area contributed by atoms with E-state index in [-0.39, 0.29) is 30.9 Å². The zero-order valence-corrected chi connectivity index (χ0v) is 24.6. The van der Waals surface area contributed by atoms with Crippen molar-refractivity contribution in [3.8, 4) is 0 Å². The van der Waals surface area contributed by atoms with E-state index in [0.717, 1.165) is 29.7 Å². The molecule has 4 rings (SSSR count). The normalized spacial score (nSPS) is 28.9. The van der Waals surface area contributed by atoms with Crippen molar-refractivity contribution in [3.05, 3.63) is 54.6 Å². The van der Waals surface area contributed by atoms with Crippen molar-refractivity contribution in [1.82, 2.24) is 9.80 Å². The van der Waals surface area contributed by atoms with Crippen molar-refractivity contribution in [2.24, 2.45) is 11.8 Å². The number of aliphatic hydroxyl groups is 1. The molecule has 0 radical (unpaired) electrons. The molecule has 0 aliphatic carbocycles. The number of aliphatic hydroxyl groups excluding tert-OH is 1. The van der Waals surface area contributed by atoms with Gasteiger partial charge in [-0.1, -0.05) is 37.3 Å². The van der Waals surface area contributed by atoms with Gasteiger partial charge in [-0.15, -0.1) is 24.9 Å². The quantitative estimate of drug-likeness (QED) is 0.394. The van der Waals surface area contributed by atoms with Crippen LogP contribution in [0.4, 0.5) is 5.69 Å². The minimum Gasteiger partial charge on any atom is -0.396 e. The number of rotatable bonds is 12. The first kappa shape index (κ1) is 29.4. The highest BCUT2D eigenvalue weighted by atomic mass is 32.2. The van der Waals surface area contributed by atoms with Crippen LogP contribution in [-0.4, -0.2) is 80.9 Å². The standard InChI is InChI=1S/C31H43N3O4S/c1-7-16-32(17-8-2)27(36)23-24-28(37)34(19-11-20-35)26(31(24)15-14-30(23,6)39-31)29(38)33(18-9-3)25-21(4)12-10-13-22(25)5/h7,9-10,12-13,23-24,26,35H,1,3,8,11,14-20H2,2,4-6H3/t23-,24-,26?,30+,31?/m0/s1. The smallest absolute Gasteiger partial charge is 0.251 e. The van der Waals surface area contributed by atoms with Gasteiger partial charge in [-0.05, 0) is 57.6 Å². The fraction of sp³-hybridized carbons (Fsp3) is 0.581. The topological polar surface area (TPSA) is 81.2 Å². The lowest BCUT2D eigenvalue weighted by atomic mass is 9.66. The molecule has 212 valence electrons. The third-order valence-corrected chi connectivity index (χ3v) is 10.8. The van der Waals surface area contributed by atoms with Gasteiger partial charge in [0.1, 0.15) is 6.04 Å². The second kappa shape index (κ2) is 11.5. The van der Waals surface area contributed by atoms with Gasteiger partial charge < -0.3 is 19.8 Å². The van der Waals surface area contributed by atoms with Gasteiger partial charge in [-0.25, -0.2) is 0 Å². The van der Waals surface area contributed by atoms with Gasteiger partial charge in [0, 0.05) is 43.2 Å². The molecule has 1 aromatic carbocycles. The molecule has 3 heterocycles. The van der Waals surface area contributed by atoms with E-state index in [4.69, 9.17) is 0 Å². The second-order valence-corrected chi connectivity index (χ2v) is 13.3. The SMILES string of the molecule is C=CCN(CCC)C(=O)[C@@H]1[C@H]2C(=O)N(CCCO)C(C(=O)N(CC=C)c3c(C)cccc3C)C23CC[C@@]1(C)S3. The lowest BCUT2D eigenvalue weighted by Crippen LogP contribution is -2.55. The summed E-state index contributed by atoms with van der Waals surface area (Å²) in [5, 5.41) is 9.66. The zero-order valence-electron chi connectivity index (χ0n) is 23.8. The number of para-hydroxylation sites is 1. The molecule has 3 aliphatic rings. The van der Waals surface area contributed by atoms with Crippen molar-refractivity contribution in [1.29, 1.82) is 0 Å². The fourth-order valence-electron chi connectivity index (χ4n) is 7.28. The predicted molar refractivity (Wildman–Crippen MR) is 158 cm³/mol. The van der Waals surface area contributed by atoms with Gasteiger partial charge >= 0.3 is 0 Å². The van der Waals surface area contributed by atoms with Crippen molar-refractivity contribution < 1.29 is 19.5 Å². The monoisotopic (exact) mass is 553 g/mol. The molecule has 7 nitrogen and oxygen atoms in total. The summed E-state index contributed by atoms with van der Waals surface area (Å²) in [7, 11) is 0. The zero-order chi connectivity index (χ0) is 28.5. The van der Waals surface area contributed by atoms with Crippen LogP contribution in [0.2, 0.25) is 0 Å². The van der Waals surface area contributed by atoms with Crippen LogP contribution >= 0.6 is 11.8 Å². The number of thioether (sulfide) groups is 1. The number of aryl methyl sites for hydroxylation is 2. The minimum absolute atomic E-state index is 0.0143. The predicted octanol–water partition coefficient (Wildman–Crippen LogP) is 4.11. The maximum atomic E-state index is 14.7. The van der Waals surface area contributed by atoms with Crippen LogP contribution in [0, 0.1) is 25.7 Å². The highest BCUT2D eigenvalue weighted by Crippen LogP contribution is 2.71. The van der Waals surface area contributed by atoms with Crippen LogP contribution in [-0.2, 0) is 14.4 Å². The Labute approximate surface area is 237 Å². The van der Waals surface area contributed by atoms with Crippen LogP contribution in [0.3, 0.4) is 0 Å². The summed E-state index contributed by atoms with van der Waals surface area (Å²) >= 11 is 1.69. The van der Waals surface area contributed by atoms with Crippen molar-refractivity contribution in [2.75, 3.05) is 37.7 Å².